The van der Waals surface area contributed by atoms with Crippen molar-refractivity contribution in [2.24, 2.45) is 0 Å². The molecule has 0 aromatic heterocycles. The molecule has 0 aliphatic rings. The normalized spacial score (nSPS) is 12.6. The van der Waals surface area contributed by atoms with Crippen molar-refractivity contribution in [3.05, 3.63) is 26.6 Å². The number of rotatable bonds is 4. The summed E-state index contributed by atoms with van der Waals surface area (Å²) in [5.74, 6) is 0.869. The molecule has 0 unspecified atom stereocenters. The lowest BCUT2D eigenvalue weighted by molar-refractivity contribution is 0.299. The standard InChI is InChI=1S/C14H22Br2O2Si/c1-14(2,3)19(4,5)18-13-11(15)8-10(6-7-17)9-12(13)16/h8-9,17H,6-7H2,1-5H3. The van der Waals surface area contributed by atoms with Crippen LogP contribution in [0.25, 0.3) is 0 Å². The maximum absolute atomic E-state index is 9.01. The second kappa shape index (κ2) is 6.29. The summed E-state index contributed by atoms with van der Waals surface area (Å²) in [6.07, 6.45) is 0.650. The largest absolute Gasteiger partial charge is 0.542 e. The molecule has 0 saturated carbocycles. The van der Waals surface area contributed by atoms with Crippen LogP contribution in [0.2, 0.25) is 18.1 Å². The van der Waals surface area contributed by atoms with E-state index in [1.807, 2.05) is 12.1 Å². The molecule has 5 heteroatoms. The quantitative estimate of drug-likeness (QED) is 0.698. The van der Waals surface area contributed by atoms with Gasteiger partial charge in [-0.05, 0) is 74.1 Å². The molecule has 0 bridgehead atoms. The van der Waals surface area contributed by atoms with Gasteiger partial charge in [0.1, 0.15) is 5.75 Å². The highest BCUT2D eigenvalue weighted by Crippen LogP contribution is 2.42. The Balaban J connectivity index is 3.09. The van der Waals surface area contributed by atoms with Crippen LogP contribution in [0, 0.1) is 0 Å². The van der Waals surface area contributed by atoms with Crippen LogP contribution in [0.15, 0.2) is 21.1 Å². The maximum atomic E-state index is 9.01. The smallest absolute Gasteiger partial charge is 0.250 e. The summed E-state index contributed by atoms with van der Waals surface area (Å²) in [5.41, 5.74) is 1.09. The summed E-state index contributed by atoms with van der Waals surface area (Å²) in [7, 11) is -1.85. The van der Waals surface area contributed by atoms with E-state index in [9.17, 15) is 0 Å². The van der Waals surface area contributed by atoms with Gasteiger partial charge in [-0.15, -0.1) is 0 Å². The van der Waals surface area contributed by atoms with E-state index in [1.54, 1.807) is 0 Å². The number of aliphatic hydroxyl groups is 1. The lowest BCUT2D eigenvalue weighted by atomic mass is 10.1. The first kappa shape index (κ1) is 17.2. The van der Waals surface area contributed by atoms with E-state index >= 15 is 0 Å². The van der Waals surface area contributed by atoms with Gasteiger partial charge in [-0.2, -0.15) is 0 Å². The molecule has 0 spiro atoms. The zero-order chi connectivity index (χ0) is 14.8. The summed E-state index contributed by atoms with van der Waals surface area (Å²) in [6.45, 7) is 11.3. The monoisotopic (exact) mass is 408 g/mol. The molecule has 1 aromatic carbocycles. The Labute approximate surface area is 133 Å². The Morgan fingerprint density at radius 1 is 1.16 bits per heavy atom. The molecular weight excluding hydrogens is 388 g/mol. The van der Waals surface area contributed by atoms with Gasteiger partial charge in [0.25, 0.3) is 8.32 Å². The van der Waals surface area contributed by atoms with Crippen molar-refractivity contribution in [3.8, 4) is 5.75 Å². The van der Waals surface area contributed by atoms with Crippen LogP contribution in [-0.4, -0.2) is 20.0 Å². The minimum absolute atomic E-state index is 0.154. The molecule has 2 nitrogen and oxygen atoms in total. The van der Waals surface area contributed by atoms with Crippen LogP contribution >= 0.6 is 31.9 Å². The zero-order valence-electron chi connectivity index (χ0n) is 12.2. The first-order valence-corrected chi connectivity index (χ1v) is 10.9. The van der Waals surface area contributed by atoms with E-state index < -0.39 is 8.32 Å². The Kier molecular flexibility index (Phi) is 5.69. The molecule has 0 radical (unpaired) electrons. The predicted octanol–water partition coefficient (Wildman–Crippen LogP) is 5.13. The number of benzene rings is 1. The molecule has 19 heavy (non-hydrogen) atoms. The van der Waals surface area contributed by atoms with Crippen molar-refractivity contribution < 1.29 is 9.53 Å². The fraction of sp³-hybridized carbons (Fsp3) is 0.571. The van der Waals surface area contributed by atoms with Crippen molar-refractivity contribution in [2.45, 2.75) is 45.3 Å². The number of hydrogen-bond donors (Lipinski definition) is 1. The van der Waals surface area contributed by atoms with Crippen molar-refractivity contribution in [1.29, 1.82) is 0 Å². The van der Waals surface area contributed by atoms with Gasteiger partial charge in [-0.3, -0.25) is 0 Å². The van der Waals surface area contributed by atoms with Gasteiger partial charge in [0, 0.05) is 6.61 Å². The maximum Gasteiger partial charge on any atom is 0.250 e. The molecule has 0 heterocycles. The van der Waals surface area contributed by atoms with Crippen molar-refractivity contribution in [3.63, 3.8) is 0 Å². The lowest BCUT2D eigenvalue weighted by Crippen LogP contribution is -2.44. The molecule has 1 aromatic rings. The molecule has 0 aliphatic heterocycles. The second-order valence-electron chi connectivity index (χ2n) is 6.22. The summed E-state index contributed by atoms with van der Waals surface area (Å²) in [4.78, 5) is 0. The Hall–Kier alpha value is 0.157. The first-order valence-electron chi connectivity index (χ1n) is 6.36. The fourth-order valence-corrected chi connectivity index (χ4v) is 4.17. The highest BCUT2D eigenvalue weighted by molar-refractivity contribution is 9.11. The summed E-state index contributed by atoms with van der Waals surface area (Å²) in [6, 6.07) is 4.03. The summed E-state index contributed by atoms with van der Waals surface area (Å²) >= 11 is 7.15. The highest BCUT2D eigenvalue weighted by atomic mass is 79.9. The van der Waals surface area contributed by atoms with Crippen molar-refractivity contribution in [1.82, 2.24) is 0 Å². The van der Waals surface area contributed by atoms with Crippen LogP contribution in [0.5, 0.6) is 5.75 Å². The van der Waals surface area contributed by atoms with Crippen molar-refractivity contribution >= 4 is 40.2 Å². The first-order chi connectivity index (χ1) is 8.58. The Morgan fingerprint density at radius 2 is 1.63 bits per heavy atom. The molecule has 0 saturated heterocycles. The molecule has 1 rings (SSSR count). The van der Waals surface area contributed by atoms with E-state index in [2.05, 4.69) is 65.7 Å². The van der Waals surface area contributed by atoms with Crippen LogP contribution in [0.1, 0.15) is 26.3 Å². The Morgan fingerprint density at radius 3 is 2.00 bits per heavy atom. The topological polar surface area (TPSA) is 29.5 Å². The minimum Gasteiger partial charge on any atom is -0.542 e. The van der Waals surface area contributed by atoms with Gasteiger partial charge in [0.2, 0.25) is 0 Å². The second-order valence-corrected chi connectivity index (χ2v) is 12.7. The fourth-order valence-electron chi connectivity index (χ4n) is 1.39. The predicted molar refractivity (Wildman–Crippen MR) is 90.5 cm³/mol. The van der Waals surface area contributed by atoms with Gasteiger partial charge in [-0.25, -0.2) is 0 Å². The van der Waals surface area contributed by atoms with E-state index in [0.29, 0.717) is 6.42 Å². The molecular formula is C14H22Br2O2Si. The van der Waals surface area contributed by atoms with Gasteiger partial charge in [0.05, 0.1) is 8.95 Å². The van der Waals surface area contributed by atoms with Crippen LogP contribution < -0.4 is 4.43 Å². The highest BCUT2D eigenvalue weighted by Gasteiger charge is 2.39. The lowest BCUT2D eigenvalue weighted by Gasteiger charge is -2.37. The molecule has 0 fully saturated rings. The van der Waals surface area contributed by atoms with Crippen LogP contribution in [-0.2, 0) is 6.42 Å². The third-order valence-corrected chi connectivity index (χ3v) is 9.13. The average molecular weight is 410 g/mol. The molecule has 0 amide bonds. The van der Waals surface area contributed by atoms with Crippen LogP contribution in [0.4, 0.5) is 0 Å². The number of halogens is 2. The SMILES string of the molecule is CC(C)(C)[Si](C)(C)Oc1c(Br)cc(CCO)cc1Br. The van der Waals surface area contributed by atoms with Crippen molar-refractivity contribution in [2.75, 3.05) is 6.61 Å². The van der Waals surface area contributed by atoms with E-state index in [4.69, 9.17) is 9.53 Å². The molecule has 1 N–H and O–H groups in total. The molecule has 0 aliphatic carbocycles. The van der Waals surface area contributed by atoms with Gasteiger partial charge in [-0.1, -0.05) is 20.8 Å². The summed E-state index contributed by atoms with van der Waals surface area (Å²) in [5, 5.41) is 9.17. The minimum atomic E-state index is -1.85. The third-order valence-electron chi connectivity index (χ3n) is 3.62. The zero-order valence-corrected chi connectivity index (χ0v) is 16.4. The number of aliphatic hydroxyl groups excluding tert-OH is 1. The van der Waals surface area contributed by atoms with E-state index in [0.717, 1.165) is 20.3 Å². The van der Waals surface area contributed by atoms with Gasteiger partial charge < -0.3 is 9.53 Å². The van der Waals surface area contributed by atoms with E-state index in [-0.39, 0.29) is 11.6 Å². The Bertz CT molecular complexity index is 430. The van der Waals surface area contributed by atoms with Crippen LogP contribution in [0.3, 0.4) is 0 Å². The number of hydrogen-bond acceptors (Lipinski definition) is 2. The van der Waals surface area contributed by atoms with Gasteiger partial charge in [0.15, 0.2) is 0 Å². The average Bonchev–Trinajstić information content (AvgIpc) is 2.22. The molecule has 0 atom stereocenters. The molecule has 108 valence electrons. The third kappa shape index (κ3) is 4.31. The summed E-state index contributed by atoms with van der Waals surface area (Å²) < 4.78 is 8.22. The van der Waals surface area contributed by atoms with Gasteiger partial charge >= 0.3 is 0 Å². The van der Waals surface area contributed by atoms with E-state index in [1.165, 1.54) is 0 Å².